The Bertz CT molecular complexity index is 342. The number of nitrogens with one attached hydrogen (secondary N) is 1. The largest absolute Gasteiger partial charge is 0.480 e. The number of hydrogen-bond donors (Lipinski definition) is 2. The maximum atomic E-state index is 11.6. The van der Waals surface area contributed by atoms with Gasteiger partial charge in [-0.1, -0.05) is 11.6 Å². The molecule has 0 aromatic rings. The lowest BCUT2D eigenvalue weighted by Crippen LogP contribution is -2.37. The van der Waals surface area contributed by atoms with Crippen molar-refractivity contribution in [2.75, 3.05) is 6.54 Å². The minimum Gasteiger partial charge on any atom is -0.480 e. The maximum absolute atomic E-state index is 11.6. The molecule has 2 aliphatic carbocycles. The molecule has 0 aliphatic heterocycles. The van der Waals surface area contributed by atoms with Gasteiger partial charge in [0.25, 0.3) is 0 Å². The van der Waals surface area contributed by atoms with Crippen LogP contribution in [0.3, 0.4) is 0 Å². The quantitative estimate of drug-likeness (QED) is 0.548. The molecule has 0 spiro atoms. The summed E-state index contributed by atoms with van der Waals surface area (Å²) in [6, 6.07) is 0. The van der Waals surface area contributed by atoms with Gasteiger partial charge in [-0.05, 0) is 38.5 Å². The number of carbonyl (C=O) groups is 2. The first kappa shape index (κ1) is 11.2. The van der Waals surface area contributed by atoms with Crippen LogP contribution in [0.1, 0.15) is 38.5 Å². The summed E-state index contributed by atoms with van der Waals surface area (Å²) in [6.45, 7) is 0.569. The van der Waals surface area contributed by atoms with Crippen LogP contribution in [-0.4, -0.2) is 23.5 Å². The lowest BCUT2D eigenvalue weighted by atomic mass is 10.1. The number of amides is 1. The second-order valence-electron chi connectivity index (χ2n) is 4.65. The summed E-state index contributed by atoms with van der Waals surface area (Å²) in [7, 11) is 0. The monoisotopic (exact) mass is 223 g/mol. The van der Waals surface area contributed by atoms with Gasteiger partial charge in [-0.25, -0.2) is 0 Å². The Kier molecular flexibility index (Phi) is 2.99. The van der Waals surface area contributed by atoms with Crippen LogP contribution in [0.25, 0.3) is 0 Å². The van der Waals surface area contributed by atoms with Crippen molar-refractivity contribution in [1.82, 2.24) is 5.32 Å². The van der Waals surface area contributed by atoms with Crippen molar-refractivity contribution in [1.29, 1.82) is 0 Å². The summed E-state index contributed by atoms with van der Waals surface area (Å²) in [5, 5.41) is 11.6. The molecule has 0 atom stereocenters. The third-order valence-electron chi connectivity index (χ3n) is 3.46. The van der Waals surface area contributed by atoms with Crippen LogP contribution in [0.5, 0.6) is 0 Å². The molecule has 0 saturated heterocycles. The molecule has 2 aliphatic rings. The van der Waals surface area contributed by atoms with E-state index in [1.165, 1.54) is 12.0 Å². The van der Waals surface area contributed by atoms with Gasteiger partial charge in [0, 0.05) is 6.54 Å². The van der Waals surface area contributed by atoms with E-state index in [0.717, 1.165) is 19.3 Å². The van der Waals surface area contributed by atoms with Crippen molar-refractivity contribution >= 4 is 11.9 Å². The molecule has 1 fully saturated rings. The Balaban J connectivity index is 1.74. The van der Waals surface area contributed by atoms with Gasteiger partial charge in [-0.3, -0.25) is 9.59 Å². The molecular formula is C12H17NO3. The molecule has 0 unspecified atom stereocenters. The molecule has 4 nitrogen and oxygen atoms in total. The van der Waals surface area contributed by atoms with E-state index < -0.39 is 11.4 Å². The van der Waals surface area contributed by atoms with E-state index in [1.807, 2.05) is 0 Å². The zero-order valence-corrected chi connectivity index (χ0v) is 9.29. The summed E-state index contributed by atoms with van der Waals surface area (Å²) >= 11 is 0. The molecule has 0 aromatic heterocycles. The third-order valence-corrected chi connectivity index (χ3v) is 3.46. The smallest absolute Gasteiger partial charge is 0.319 e. The number of carboxylic acids is 1. The SMILES string of the molecule is O=C(O)C1(C(=O)NCCC2=CCCC2)CC1. The number of allylic oxidation sites excluding steroid dienone is 1. The molecule has 1 saturated carbocycles. The Morgan fingerprint density at radius 1 is 1.44 bits per heavy atom. The van der Waals surface area contributed by atoms with E-state index in [0.29, 0.717) is 19.4 Å². The van der Waals surface area contributed by atoms with Crippen molar-refractivity contribution in [3.63, 3.8) is 0 Å². The number of carbonyl (C=O) groups excluding carboxylic acids is 1. The van der Waals surface area contributed by atoms with Crippen molar-refractivity contribution in [2.24, 2.45) is 5.41 Å². The van der Waals surface area contributed by atoms with Crippen LogP contribution < -0.4 is 5.32 Å². The zero-order chi connectivity index (χ0) is 11.6. The average Bonchev–Trinajstić information content (AvgIpc) is 2.92. The van der Waals surface area contributed by atoms with Crippen molar-refractivity contribution in [3.8, 4) is 0 Å². The second kappa shape index (κ2) is 4.28. The second-order valence-corrected chi connectivity index (χ2v) is 4.65. The number of carboxylic acid groups (broad SMARTS) is 1. The minimum absolute atomic E-state index is 0.307. The molecule has 16 heavy (non-hydrogen) atoms. The first-order chi connectivity index (χ1) is 7.65. The van der Waals surface area contributed by atoms with Gasteiger partial charge in [-0.2, -0.15) is 0 Å². The number of rotatable bonds is 5. The highest BCUT2D eigenvalue weighted by atomic mass is 16.4. The lowest BCUT2D eigenvalue weighted by molar-refractivity contribution is -0.149. The van der Waals surface area contributed by atoms with Crippen LogP contribution in [0.4, 0.5) is 0 Å². The normalized spacial score (nSPS) is 21.4. The Morgan fingerprint density at radius 2 is 2.19 bits per heavy atom. The summed E-state index contributed by atoms with van der Waals surface area (Å²) < 4.78 is 0. The van der Waals surface area contributed by atoms with Crippen molar-refractivity contribution < 1.29 is 14.7 Å². The lowest BCUT2D eigenvalue weighted by Gasteiger charge is -2.10. The van der Waals surface area contributed by atoms with E-state index in [-0.39, 0.29) is 5.91 Å². The first-order valence-electron chi connectivity index (χ1n) is 5.85. The summed E-state index contributed by atoms with van der Waals surface area (Å²) in [5.74, 6) is -1.29. The predicted octanol–water partition coefficient (Wildman–Crippen LogP) is 1.47. The predicted molar refractivity (Wildman–Crippen MR) is 58.9 cm³/mol. The number of aliphatic carboxylic acids is 1. The van der Waals surface area contributed by atoms with E-state index >= 15 is 0 Å². The highest BCUT2D eigenvalue weighted by molar-refractivity contribution is 6.04. The van der Waals surface area contributed by atoms with E-state index in [1.54, 1.807) is 0 Å². The molecule has 1 amide bonds. The minimum atomic E-state index is -1.09. The Morgan fingerprint density at radius 3 is 2.69 bits per heavy atom. The van der Waals surface area contributed by atoms with Gasteiger partial charge < -0.3 is 10.4 Å². The Labute approximate surface area is 94.7 Å². The third kappa shape index (κ3) is 2.10. The summed E-state index contributed by atoms with van der Waals surface area (Å²) in [5.41, 5.74) is 0.296. The summed E-state index contributed by atoms with van der Waals surface area (Å²) in [4.78, 5) is 22.5. The average molecular weight is 223 g/mol. The molecule has 88 valence electrons. The molecule has 0 radical (unpaired) electrons. The van der Waals surface area contributed by atoms with E-state index in [2.05, 4.69) is 11.4 Å². The maximum Gasteiger partial charge on any atom is 0.319 e. The standard InChI is InChI=1S/C12H17NO3/c14-10(12(6-7-12)11(15)16)13-8-5-9-3-1-2-4-9/h3H,1-2,4-8H2,(H,13,14)(H,15,16). The van der Waals surface area contributed by atoms with E-state index in [4.69, 9.17) is 5.11 Å². The molecule has 0 aromatic carbocycles. The van der Waals surface area contributed by atoms with Crippen LogP contribution in [0, 0.1) is 5.41 Å². The van der Waals surface area contributed by atoms with E-state index in [9.17, 15) is 9.59 Å². The Hall–Kier alpha value is -1.32. The van der Waals surface area contributed by atoms with Crippen LogP contribution in [-0.2, 0) is 9.59 Å². The number of hydrogen-bond acceptors (Lipinski definition) is 2. The molecule has 2 rings (SSSR count). The highest BCUT2D eigenvalue weighted by Crippen LogP contribution is 2.46. The highest BCUT2D eigenvalue weighted by Gasteiger charge is 2.56. The van der Waals surface area contributed by atoms with Gasteiger partial charge in [-0.15, -0.1) is 0 Å². The van der Waals surface area contributed by atoms with Crippen molar-refractivity contribution in [2.45, 2.75) is 38.5 Å². The summed E-state index contributed by atoms with van der Waals surface area (Å²) in [6.07, 6.45) is 7.52. The molecule has 0 bridgehead atoms. The van der Waals surface area contributed by atoms with Gasteiger partial charge in [0.05, 0.1) is 0 Å². The zero-order valence-electron chi connectivity index (χ0n) is 9.29. The van der Waals surface area contributed by atoms with Gasteiger partial charge >= 0.3 is 5.97 Å². The fraction of sp³-hybridized carbons (Fsp3) is 0.667. The molecule has 0 heterocycles. The topological polar surface area (TPSA) is 66.4 Å². The van der Waals surface area contributed by atoms with Crippen LogP contribution >= 0.6 is 0 Å². The first-order valence-corrected chi connectivity index (χ1v) is 5.85. The fourth-order valence-electron chi connectivity index (χ4n) is 2.13. The fourth-order valence-corrected chi connectivity index (χ4v) is 2.13. The molecular weight excluding hydrogens is 206 g/mol. The van der Waals surface area contributed by atoms with Gasteiger partial charge in [0.1, 0.15) is 5.41 Å². The molecule has 4 heteroatoms. The van der Waals surface area contributed by atoms with Gasteiger partial charge in [0.15, 0.2) is 0 Å². The molecule has 2 N–H and O–H groups in total. The van der Waals surface area contributed by atoms with Crippen molar-refractivity contribution in [3.05, 3.63) is 11.6 Å². The van der Waals surface area contributed by atoms with Gasteiger partial charge in [0.2, 0.25) is 5.91 Å². The van der Waals surface area contributed by atoms with Crippen LogP contribution in [0.15, 0.2) is 11.6 Å². The van der Waals surface area contributed by atoms with Crippen LogP contribution in [0.2, 0.25) is 0 Å².